The predicted molar refractivity (Wildman–Crippen MR) is 386 cm³/mol. The molecule has 0 saturated heterocycles. The van der Waals surface area contributed by atoms with Gasteiger partial charge in [-0.15, -0.1) is 0 Å². The minimum Gasteiger partial charge on any atom is -0.481 e. The quantitative estimate of drug-likeness (QED) is 0.0188. The van der Waals surface area contributed by atoms with E-state index in [0.717, 1.165) is 0 Å². The molecule has 0 spiro atoms. The maximum atomic E-state index is 13.8. The van der Waals surface area contributed by atoms with Gasteiger partial charge in [0.2, 0.25) is 47.3 Å². The molecule has 0 aliphatic rings. The number of anilines is 6. The number of nitrogen functional groups attached to an aromatic ring is 1. The van der Waals surface area contributed by atoms with Crippen LogP contribution in [-0.2, 0) is 86.1 Å². The zero-order valence-electron chi connectivity index (χ0n) is 61.8. The van der Waals surface area contributed by atoms with Gasteiger partial charge >= 0.3 is 41.8 Å². The van der Waals surface area contributed by atoms with Crippen LogP contribution in [0.15, 0.2) is 54.6 Å². The topological polar surface area (TPSA) is 526 Å². The van der Waals surface area contributed by atoms with E-state index in [2.05, 4.69) is 57.5 Å². The highest BCUT2D eigenvalue weighted by Crippen LogP contribution is 2.32. The molecule has 3 aromatic heterocycles. The molecule has 34 nitrogen and oxygen atoms in total. The fourth-order valence-electron chi connectivity index (χ4n) is 11.0. The van der Waals surface area contributed by atoms with Crippen molar-refractivity contribution in [2.75, 3.05) is 32.3 Å². The molecule has 0 unspecified atom stereocenters. The van der Waals surface area contributed by atoms with Gasteiger partial charge in [-0.2, -0.15) is 0 Å². The molecule has 584 valence electrons. The van der Waals surface area contributed by atoms with Gasteiger partial charge in [0.15, 0.2) is 0 Å². The maximum Gasteiger partial charge on any atom is 0.306 e. The van der Waals surface area contributed by atoms with Crippen molar-refractivity contribution < 1.29 is 107 Å². The van der Waals surface area contributed by atoms with Gasteiger partial charge in [-0.05, 0) is 176 Å². The molecule has 0 aliphatic carbocycles. The van der Waals surface area contributed by atoms with Gasteiger partial charge in [0.05, 0.1) is 0 Å². The van der Waals surface area contributed by atoms with Crippen LogP contribution in [0.5, 0.6) is 0 Å². The van der Waals surface area contributed by atoms with Gasteiger partial charge in [-0.3, -0.25) is 71.9 Å². The Morgan fingerprint density at radius 2 is 0.509 bits per heavy atom. The van der Waals surface area contributed by atoms with Gasteiger partial charge in [0.1, 0.15) is 51.7 Å². The van der Waals surface area contributed by atoms with E-state index >= 15 is 0 Å². The molecule has 3 aromatic rings. The predicted octanol–water partition coefficient (Wildman–Crippen LogP) is 8.01. The van der Waals surface area contributed by atoms with E-state index in [1.165, 1.54) is 48.5 Å². The van der Waals surface area contributed by atoms with Crippen molar-refractivity contribution in [2.45, 2.75) is 269 Å². The highest BCUT2D eigenvalue weighted by molar-refractivity contribution is 5.94. The molecule has 106 heavy (non-hydrogen) atoms. The number of amides is 8. The number of carboxylic acids is 4. The van der Waals surface area contributed by atoms with E-state index < -0.39 is 155 Å². The van der Waals surface area contributed by atoms with Crippen molar-refractivity contribution in [1.29, 1.82) is 0 Å². The lowest BCUT2D eigenvalue weighted by Gasteiger charge is -2.36. The number of ether oxygens (including phenoxy) is 3. The number of nitrogens with one attached hydrogen (secondary N) is 8. The number of hydrogen-bond donors (Lipinski definition) is 13. The highest BCUT2D eigenvalue weighted by atomic mass is 16.6. The van der Waals surface area contributed by atoms with Crippen molar-refractivity contribution in [3.05, 3.63) is 54.6 Å². The Morgan fingerprint density at radius 1 is 0.302 bits per heavy atom. The lowest BCUT2D eigenvalue weighted by atomic mass is 9.83. The number of esters is 3. The molecule has 3 heterocycles. The zero-order chi connectivity index (χ0) is 79.5. The smallest absolute Gasteiger partial charge is 0.306 e. The third-order valence-electron chi connectivity index (χ3n) is 15.9. The first kappa shape index (κ1) is 89.5. The molecule has 0 radical (unpaired) electrons. The maximum absolute atomic E-state index is 13.8. The summed E-state index contributed by atoms with van der Waals surface area (Å²) in [7, 11) is 0. The summed E-state index contributed by atoms with van der Waals surface area (Å²) in [5.74, 6) is -11.4. The largest absolute Gasteiger partial charge is 0.481 e. The SMILES string of the molecule is CC(C)(C)OC(=O)CCC(CCC(=O)OC(C)(C)C)(CCC(=O)OC(C)(C)C)NC(=O)CCCC(=O)Nc1cccc(NC(=O)CCC(CCC(=O)O)(CCC(=O)O)NC(=O)CCCC(=O)Nc2cccc(NC(=O)CCC(CCC(=O)O)(CCC(=O)O)NC(=O)CCCC(=O)Nc3cccc(N)n3)n2)n1. The van der Waals surface area contributed by atoms with Crippen LogP contribution in [0.25, 0.3) is 0 Å². The van der Waals surface area contributed by atoms with E-state index in [1.807, 2.05) is 0 Å². The van der Waals surface area contributed by atoms with Gasteiger partial charge in [-0.25, -0.2) is 15.0 Å². The summed E-state index contributed by atoms with van der Waals surface area (Å²) in [6, 6.07) is 13.2. The molecular formula is C72H104N12O22. The summed E-state index contributed by atoms with van der Waals surface area (Å²) in [5.41, 5.74) is -1.16. The Balaban J connectivity index is 1.64. The van der Waals surface area contributed by atoms with Gasteiger partial charge in [-0.1, -0.05) is 18.2 Å². The first-order valence-electron chi connectivity index (χ1n) is 35.0. The average molecular weight is 1490 g/mol. The number of aromatic nitrogens is 3. The highest BCUT2D eigenvalue weighted by Gasteiger charge is 2.38. The summed E-state index contributed by atoms with van der Waals surface area (Å²) >= 11 is 0. The third kappa shape index (κ3) is 39.8. The minimum atomic E-state index is -1.56. The third-order valence-corrected chi connectivity index (χ3v) is 15.9. The Bertz CT molecular complexity index is 3470. The van der Waals surface area contributed by atoms with E-state index in [-0.39, 0.29) is 176 Å². The number of pyridine rings is 3. The summed E-state index contributed by atoms with van der Waals surface area (Å²) < 4.78 is 16.6. The standard InChI is InChI=1S/C72H104N12O22/c1-67(2,3)104-64(101)34-43-72(44-35-65(102)105-68(4,5)6,45-36-66(103)106-69(7,8)9)84-59(92)27-15-24-54(87)79-49-19-12-21-51(76-49)81-56(89)29-38-71(41-32-62(97)98,42-33-63(99)100)83-58(91)26-14-23-53(86)78-48-18-11-20-50(75-48)80-55(88)28-37-70(39-30-60(93)94,40-31-61(95)96)82-57(90)25-13-22-52(85)77-47-17-10-16-46(73)74-47/h10-12,16-21H,13-15,22-45H2,1-9H3,(H,82,90)(H,83,91)(H,84,92)(H,93,94)(H,95,96)(H,97,98)(H,99,100)(H3,73,74,77,85)(H2,75,78,80,86,88)(H2,76,79,81,87,89). The molecule has 0 fully saturated rings. The van der Waals surface area contributed by atoms with E-state index in [9.17, 15) is 92.3 Å². The van der Waals surface area contributed by atoms with Gasteiger partial charge in [0, 0.05) is 113 Å². The monoisotopic (exact) mass is 1490 g/mol. The summed E-state index contributed by atoms with van der Waals surface area (Å²) in [6.45, 7) is 15.3. The molecule has 0 bridgehead atoms. The lowest BCUT2D eigenvalue weighted by molar-refractivity contribution is -0.156. The molecule has 0 aromatic carbocycles. The van der Waals surface area contributed by atoms with Crippen LogP contribution in [0, 0.1) is 0 Å². The van der Waals surface area contributed by atoms with Crippen LogP contribution in [0.2, 0.25) is 0 Å². The first-order chi connectivity index (χ1) is 49.4. The molecule has 0 atom stereocenters. The van der Waals surface area contributed by atoms with Crippen LogP contribution in [0.4, 0.5) is 34.9 Å². The summed E-state index contributed by atoms with van der Waals surface area (Å²) in [5, 5.41) is 59.9. The van der Waals surface area contributed by atoms with Crippen LogP contribution >= 0.6 is 0 Å². The second-order valence-corrected chi connectivity index (χ2v) is 28.9. The number of hydrogen-bond acceptors (Lipinski definition) is 22. The second kappa shape index (κ2) is 42.9. The fourth-order valence-corrected chi connectivity index (χ4v) is 11.0. The van der Waals surface area contributed by atoms with Crippen LogP contribution in [0.1, 0.15) is 236 Å². The number of carboxylic acid groups (broad SMARTS) is 4. The Kier molecular flexibility index (Phi) is 36.2. The van der Waals surface area contributed by atoms with Crippen LogP contribution < -0.4 is 48.3 Å². The van der Waals surface area contributed by atoms with Crippen molar-refractivity contribution >= 4 is 124 Å². The Hall–Kier alpha value is -10.7. The van der Waals surface area contributed by atoms with E-state index in [0.29, 0.717) is 0 Å². The molecule has 34 heteroatoms. The molecule has 0 aliphatic heterocycles. The van der Waals surface area contributed by atoms with Gasteiger partial charge in [0.25, 0.3) is 0 Å². The molecule has 3 rings (SSSR count). The van der Waals surface area contributed by atoms with E-state index in [1.54, 1.807) is 68.4 Å². The summed E-state index contributed by atoms with van der Waals surface area (Å²) in [6.07, 6.45) is -6.34. The van der Waals surface area contributed by atoms with Crippen molar-refractivity contribution in [3.8, 4) is 0 Å². The number of rotatable bonds is 47. The number of nitrogens with two attached hydrogens (primary N) is 1. The Labute approximate surface area is 615 Å². The lowest BCUT2D eigenvalue weighted by Crippen LogP contribution is -2.50. The summed E-state index contributed by atoms with van der Waals surface area (Å²) in [4.78, 5) is 205. The van der Waals surface area contributed by atoms with Gasteiger partial charge < -0.3 is 82.9 Å². The van der Waals surface area contributed by atoms with Crippen molar-refractivity contribution in [2.24, 2.45) is 0 Å². The minimum absolute atomic E-state index is 0.000590. The number of carbonyl (C=O) groups excluding carboxylic acids is 11. The average Bonchev–Trinajstić information content (AvgIpc) is 0.848. The molecule has 14 N–H and O–H groups in total. The first-order valence-corrected chi connectivity index (χ1v) is 35.0. The zero-order valence-corrected chi connectivity index (χ0v) is 61.8. The molecule has 0 saturated carbocycles. The number of carbonyl (C=O) groups is 15. The van der Waals surface area contributed by atoms with Crippen LogP contribution in [0.3, 0.4) is 0 Å². The van der Waals surface area contributed by atoms with Crippen molar-refractivity contribution in [3.63, 3.8) is 0 Å². The number of nitrogens with zero attached hydrogens (tertiary/aromatic N) is 3. The van der Waals surface area contributed by atoms with Crippen LogP contribution in [-0.4, -0.2) is 158 Å². The van der Waals surface area contributed by atoms with Crippen molar-refractivity contribution in [1.82, 2.24) is 30.9 Å². The Morgan fingerprint density at radius 3 is 0.745 bits per heavy atom. The molecular weight excluding hydrogens is 1380 g/mol. The van der Waals surface area contributed by atoms with E-state index in [4.69, 9.17) is 19.9 Å². The fraction of sp³-hybridized carbons (Fsp3) is 0.583. The second-order valence-electron chi connectivity index (χ2n) is 28.9. The normalized spacial score (nSPS) is 11.7. The number of aliphatic carboxylic acids is 4. The molecule has 8 amide bonds.